The fourth-order valence-corrected chi connectivity index (χ4v) is 2.78. The number of rotatable bonds is 3. The van der Waals surface area contributed by atoms with Crippen molar-refractivity contribution in [2.45, 2.75) is 52.1 Å². The van der Waals surface area contributed by atoms with Crippen molar-refractivity contribution >= 4 is 0 Å². The summed E-state index contributed by atoms with van der Waals surface area (Å²) >= 11 is 0. The minimum atomic E-state index is -0.272. The lowest BCUT2D eigenvalue weighted by molar-refractivity contribution is 0.217. The highest BCUT2D eigenvalue weighted by Crippen LogP contribution is 2.30. The van der Waals surface area contributed by atoms with Crippen molar-refractivity contribution in [2.24, 2.45) is 11.8 Å². The first kappa shape index (κ1) is 13.5. The monoisotopic (exact) mass is 250 g/mol. The topological polar surface area (TPSA) is 24.9 Å². The fourth-order valence-electron chi connectivity index (χ4n) is 2.78. The molecule has 18 heavy (non-hydrogen) atoms. The summed E-state index contributed by atoms with van der Waals surface area (Å²) in [5, 5.41) is 3.62. The standard InChI is InChI=1S/C15H23FN2/c1-10-4-6-14(8-11(10)2)18-12(3)15-7-5-13(16)9-17-15/h5,7,9-12,14,18H,4,6,8H2,1-3H3. The first-order valence-electron chi connectivity index (χ1n) is 6.93. The van der Waals surface area contributed by atoms with Gasteiger partial charge < -0.3 is 5.32 Å². The second kappa shape index (κ2) is 5.79. The van der Waals surface area contributed by atoms with E-state index in [1.165, 1.54) is 31.5 Å². The second-order valence-electron chi connectivity index (χ2n) is 5.75. The fraction of sp³-hybridized carbons (Fsp3) is 0.667. The molecule has 0 bridgehead atoms. The molecule has 1 saturated carbocycles. The van der Waals surface area contributed by atoms with Crippen LogP contribution in [0.2, 0.25) is 0 Å². The molecule has 1 aliphatic carbocycles. The maximum absolute atomic E-state index is 12.8. The Morgan fingerprint density at radius 1 is 1.28 bits per heavy atom. The predicted molar refractivity (Wildman–Crippen MR) is 71.7 cm³/mol. The molecule has 2 nitrogen and oxygen atoms in total. The molecule has 1 N–H and O–H groups in total. The van der Waals surface area contributed by atoms with E-state index >= 15 is 0 Å². The van der Waals surface area contributed by atoms with Gasteiger partial charge in [0, 0.05) is 12.1 Å². The summed E-state index contributed by atoms with van der Waals surface area (Å²) in [5.74, 6) is 1.35. The van der Waals surface area contributed by atoms with Gasteiger partial charge in [0.05, 0.1) is 11.9 Å². The molecule has 1 heterocycles. The van der Waals surface area contributed by atoms with Gasteiger partial charge in [-0.1, -0.05) is 13.8 Å². The van der Waals surface area contributed by atoms with E-state index in [-0.39, 0.29) is 11.9 Å². The van der Waals surface area contributed by atoms with E-state index < -0.39 is 0 Å². The highest BCUT2D eigenvalue weighted by atomic mass is 19.1. The molecule has 4 unspecified atom stereocenters. The molecular weight excluding hydrogens is 227 g/mol. The Bertz CT molecular complexity index is 377. The van der Waals surface area contributed by atoms with Crippen LogP contribution in [0.3, 0.4) is 0 Å². The Balaban J connectivity index is 1.91. The molecule has 1 aromatic heterocycles. The van der Waals surface area contributed by atoms with Crippen LogP contribution in [0, 0.1) is 17.7 Å². The van der Waals surface area contributed by atoms with E-state index in [0.717, 1.165) is 17.5 Å². The van der Waals surface area contributed by atoms with Gasteiger partial charge in [-0.2, -0.15) is 0 Å². The van der Waals surface area contributed by atoms with Gasteiger partial charge in [-0.3, -0.25) is 4.98 Å². The molecule has 1 fully saturated rings. The zero-order valence-electron chi connectivity index (χ0n) is 11.5. The molecule has 2 rings (SSSR count). The summed E-state index contributed by atoms with van der Waals surface area (Å²) in [6.07, 6.45) is 5.05. The van der Waals surface area contributed by atoms with Crippen LogP contribution in [0.5, 0.6) is 0 Å². The van der Waals surface area contributed by atoms with Crippen molar-refractivity contribution in [1.82, 2.24) is 10.3 Å². The van der Waals surface area contributed by atoms with E-state index in [4.69, 9.17) is 0 Å². The van der Waals surface area contributed by atoms with E-state index in [0.29, 0.717) is 6.04 Å². The average Bonchev–Trinajstić information content (AvgIpc) is 2.34. The van der Waals surface area contributed by atoms with Gasteiger partial charge in [-0.05, 0) is 50.2 Å². The lowest BCUT2D eigenvalue weighted by Gasteiger charge is -2.34. The van der Waals surface area contributed by atoms with Crippen LogP contribution in [0.1, 0.15) is 51.8 Å². The van der Waals surface area contributed by atoms with Crippen LogP contribution in [0.25, 0.3) is 0 Å². The van der Waals surface area contributed by atoms with Gasteiger partial charge in [0.15, 0.2) is 0 Å². The Kier molecular flexibility index (Phi) is 4.33. The zero-order chi connectivity index (χ0) is 13.1. The van der Waals surface area contributed by atoms with Crippen molar-refractivity contribution in [1.29, 1.82) is 0 Å². The van der Waals surface area contributed by atoms with Crippen molar-refractivity contribution in [3.05, 3.63) is 29.8 Å². The number of aromatic nitrogens is 1. The lowest BCUT2D eigenvalue weighted by Crippen LogP contribution is -2.37. The molecule has 3 heteroatoms. The quantitative estimate of drug-likeness (QED) is 0.885. The highest BCUT2D eigenvalue weighted by Gasteiger charge is 2.25. The molecular formula is C15H23FN2. The molecule has 0 radical (unpaired) electrons. The minimum Gasteiger partial charge on any atom is -0.306 e. The van der Waals surface area contributed by atoms with Crippen molar-refractivity contribution < 1.29 is 4.39 Å². The average molecular weight is 250 g/mol. The van der Waals surface area contributed by atoms with E-state index in [2.05, 4.69) is 31.1 Å². The van der Waals surface area contributed by atoms with E-state index in [9.17, 15) is 4.39 Å². The summed E-state index contributed by atoms with van der Waals surface area (Å²) in [7, 11) is 0. The Morgan fingerprint density at radius 3 is 2.67 bits per heavy atom. The van der Waals surface area contributed by atoms with Crippen LogP contribution < -0.4 is 5.32 Å². The van der Waals surface area contributed by atoms with Crippen molar-refractivity contribution in [3.8, 4) is 0 Å². The van der Waals surface area contributed by atoms with Crippen LogP contribution in [0.4, 0.5) is 4.39 Å². The SMILES string of the molecule is CC(NC1CCC(C)C(C)C1)c1ccc(F)cn1. The maximum Gasteiger partial charge on any atom is 0.141 e. The van der Waals surface area contributed by atoms with Crippen LogP contribution in [-0.4, -0.2) is 11.0 Å². The first-order chi connectivity index (χ1) is 8.56. The van der Waals surface area contributed by atoms with Gasteiger partial charge in [-0.15, -0.1) is 0 Å². The van der Waals surface area contributed by atoms with Gasteiger partial charge >= 0.3 is 0 Å². The van der Waals surface area contributed by atoms with Gasteiger partial charge in [0.1, 0.15) is 5.82 Å². The molecule has 1 aromatic rings. The molecule has 0 aliphatic heterocycles. The largest absolute Gasteiger partial charge is 0.306 e. The summed E-state index contributed by atoms with van der Waals surface area (Å²) in [6, 6.07) is 4.00. The molecule has 4 atom stereocenters. The Hall–Kier alpha value is -0.960. The van der Waals surface area contributed by atoms with E-state index in [1.54, 1.807) is 6.07 Å². The lowest BCUT2D eigenvalue weighted by atomic mass is 9.79. The first-order valence-corrected chi connectivity index (χ1v) is 6.93. The van der Waals surface area contributed by atoms with E-state index in [1.807, 2.05) is 0 Å². The number of nitrogens with one attached hydrogen (secondary N) is 1. The third-order valence-corrected chi connectivity index (χ3v) is 4.28. The minimum absolute atomic E-state index is 0.191. The summed E-state index contributed by atoms with van der Waals surface area (Å²) in [4.78, 5) is 4.14. The third kappa shape index (κ3) is 3.29. The van der Waals surface area contributed by atoms with Crippen molar-refractivity contribution in [3.63, 3.8) is 0 Å². The Labute approximate surface area is 109 Å². The van der Waals surface area contributed by atoms with Gasteiger partial charge in [-0.25, -0.2) is 4.39 Å². The van der Waals surface area contributed by atoms with Crippen LogP contribution in [-0.2, 0) is 0 Å². The number of nitrogens with zero attached hydrogens (tertiary/aromatic N) is 1. The number of pyridine rings is 1. The highest BCUT2D eigenvalue weighted by molar-refractivity contribution is 5.09. The van der Waals surface area contributed by atoms with Gasteiger partial charge in [0.2, 0.25) is 0 Å². The molecule has 0 amide bonds. The molecule has 0 aromatic carbocycles. The summed E-state index contributed by atoms with van der Waals surface area (Å²) in [5.41, 5.74) is 0.919. The maximum atomic E-state index is 12.8. The molecule has 0 spiro atoms. The number of hydrogen-bond acceptors (Lipinski definition) is 2. The predicted octanol–water partition coefficient (Wildman–Crippen LogP) is 3.70. The molecule has 0 saturated heterocycles. The van der Waals surface area contributed by atoms with Crippen LogP contribution in [0.15, 0.2) is 18.3 Å². The molecule has 1 aliphatic rings. The number of hydrogen-bond donors (Lipinski definition) is 1. The van der Waals surface area contributed by atoms with Crippen molar-refractivity contribution in [2.75, 3.05) is 0 Å². The summed E-state index contributed by atoms with van der Waals surface area (Å²) in [6.45, 7) is 6.77. The Morgan fingerprint density at radius 2 is 2.06 bits per heavy atom. The molecule has 100 valence electrons. The second-order valence-corrected chi connectivity index (χ2v) is 5.75. The zero-order valence-corrected chi connectivity index (χ0v) is 11.5. The smallest absolute Gasteiger partial charge is 0.141 e. The third-order valence-electron chi connectivity index (χ3n) is 4.28. The van der Waals surface area contributed by atoms with Crippen LogP contribution >= 0.6 is 0 Å². The summed E-state index contributed by atoms with van der Waals surface area (Å²) < 4.78 is 12.8. The normalized spacial score (nSPS) is 30.1. The van der Waals surface area contributed by atoms with Gasteiger partial charge in [0.25, 0.3) is 0 Å². The number of halogens is 1.